The van der Waals surface area contributed by atoms with E-state index in [0.29, 0.717) is 5.92 Å². The molecule has 108 valence electrons. The van der Waals surface area contributed by atoms with Crippen LogP contribution in [0.3, 0.4) is 0 Å². The Morgan fingerprint density at radius 3 is 2.95 bits per heavy atom. The van der Waals surface area contributed by atoms with Gasteiger partial charge in [-0.05, 0) is 48.8 Å². The van der Waals surface area contributed by atoms with E-state index in [9.17, 15) is 4.79 Å². The van der Waals surface area contributed by atoms with Gasteiger partial charge in [0.05, 0.1) is 5.69 Å². The Morgan fingerprint density at radius 1 is 1.33 bits per heavy atom. The third-order valence-electron chi connectivity index (χ3n) is 4.57. The van der Waals surface area contributed by atoms with Crippen LogP contribution in [-0.2, 0) is 17.6 Å². The second-order valence-electron chi connectivity index (χ2n) is 6.18. The number of thiazole rings is 1. The average Bonchev–Trinajstić information content (AvgIpc) is 2.92. The fourth-order valence-electron chi connectivity index (χ4n) is 3.08. The van der Waals surface area contributed by atoms with Crippen LogP contribution in [0, 0.1) is 11.8 Å². The number of aromatic nitrogens is 1. The van der Waals surface area contributed by atoms with Crippen LogP contribution in [0.1, 0.15) is 30.9 Å². The molecule has 2 aliphatic carbocycles. The van der Waals surface area contributed by atoms with Crippen molar-refractivity contribution in [1.29, 1.82) is 0 Å². The number of aryl methyl sites for hydroxylation is 2. The van der Waals surface area contributed by atoms with Crippen LogP contribution in [0.25, 0.3) is 11.3 Å². The minimum atomic E-state index is 0.123. The third kappa shape index (κ3) is 2.48. The molecule has 2 atom stereocenters. The minimum Gasteiger partial charge on any atom is -0.302 e. The van der Waals surface area contributed by atoms with E-state index in [1.165, 1.54) is 41.7 Å². The van der Waals surface area contributed by atoms with Crippen molar-refractivity contribution in [3.05, 3.63) is 34.7 Å². The van der Waals surface area contributed by atoms with Crippen molar-refractivity contribution in [3.63, 3.8) is 0 Å². The zero-order chi connectivity index (χ0) is 14.4. The highest BCUT2D eigenvalue weighted by molar-refractivity contribution is 7.14. The quantitative estimate of drug-likeness (QED) is 0.934. The Labute approximate surface area is 128 Å². The van der Waals surface area contributed by atoms with E-state index in [1.807, 2.05) is 5.38 Å². The van der Waals surface area contributed by atoms with Gasteiger partial charge in [0.2, 0.25) is 5.91 Å². The average molecular weight is 298 g/mol. The van der Waals surface area contributed by atoms with E-state index in [2.05, 4.69) is 35.4 Å². The molecule has 4 rings (SSSR count). The van der Waals surface area contributed by atoms with Gasteiger partial charge in [-0.3, -0.25) is 4.79 Å². The second kappa shape index (κ2) is 4.95. The molecule has 21 heavy (non-hydrogen) atoms. The SMILES string of the molecule is CC1CC1C(=O)Nc1nc(-c2ccc3c(c2)CCC3)cs1. The number of hydrogen-bond donors (Lipinski definition) is 1. The number of benzene rings is 1. The van der Waals surface area contributed by atoms with Crippen molar-refractivity contribution in [2.75, 3.05) is 5.32 Å². The third-order valence-corrected chi connectivity index (χ3v) is 5.33. The predicted octanol–water partition coefficient (Wildman–Crippen LogP) is 3.89. The van der Waals surface area contributed by atoms with Gasteiger partial charge in [0.1, 0.15) is 0 Å². The molecular weight excluding hydrogens is 280 g/mol. The molecule has 4 heteroatoms. The molecular formula is C17H18N2OS. The van der Waals surface area contributed by atoms with Gasteiger partial charge in [0, 0.05) is 16.9 Å². The number of fused-ring (bicyclic) bond motifs is 1. The van der Waals surface area contributed by atoms with E-state index in [1.54, 1.807) is 0 Å². The highest BCUT2D eigenvalue weighted by atomic mass is 32.1. The summed E-state index contributed by atoms with van der Waals surface area (Å²) in [5.41, 5.74) is 5.06. The van der Waals surface area contributed by atoms with Crippen molar-refractivity contribution in [3.8, 4) is 11.3 Å². The standard InChI is InChI=1S/C17H18N2OS/c1-10-7-14(10)16(20)19-17-18-15(9-21-17)13-6-5-11-3-2-4-12(11)8-13/h5-6,8-10,14H,2-4,7H2,1H3,(H,18,19,20). The monoisotopic (exact) mass is 298 g/mol. The lowest BCUT2D eigenvalue weighted by molar-refractivity contribution is -0.117. The lowest BCUT2D eigenvalue weighted by Gasteiger charge is -2.02. The number of anilines is 1. The van der Waals surface area contributed by atoms with E-state index in [4.69, 9.17) is 0 Å². The van der Waals surface area contributed by atoms with Gasteiger partial charge >= 0.3 is 0 Å². The van der Waals surface area contributed by atoms with Gasteiger partial charge < -0.3 is 5.32 Å². The number of carbonyl (C=O) groups is 1. The van der Waals surface area contributed by atoms with Crippen LogP contribution in [-0.4, -0.2) is 10.9 Å². The Morgan fingerprint density at radius 2 is 2.14 bits per heavy atom. The highest BCUT2D eigenvalue weighted by Gasteiger charge is 2.39. The van der Waals surface area contributed by atoms with Crippen LogP contribution < -0.4 is 5.32 Å². The lowest BCUT2D eigenvalue weighted by Crippen LogP contribution is -2.14. The smallest absolute Gasteiger partial charge is 0.229 e. The summed E-state index contributed by atoms with van der Waals surface area (Å²) in [6, 6.07) is 6.63. The van der Waals surface area contributed by atoms with Crippen molar-refractivity contribution in [2.45, 2.75) is 32.6 Å². The summed E-state index contributed by atoms with van der Waals surface area (Å²) >= 11 is 1.51. The van der Waals surface area contributed by atoms with Crippen molar-refractivity contribution >= 4 is 22.4 Å². The fraction of sp³-hybridized carbons (Fsp3) is 0.412. The van der Waals surface area contributed by atoms with E-state index in [-0.39, 0.29) is 11.8 Å². The maximum absolute atomic E-state index is 11.9. The topological polar surface area (TPSA) is 42.0 Å². The molecule has 1 amide bonds. The lowest BCUT2D eigenvalue weighted by atomic mass is 10.1. The predicted molar refractivity (Wildman–Crippen MR) is 85.5 cm³/mol. The van der Waals surface area contributed by atoms with Gasteiger partial charge in [-0.25, -0.2) is 4.98 Å². The Kier molecular flexibility index (Phi) is 3.07. The van der Waals surface area contributed by atoms with E-state index < -0.39 is 0 Å². The zero-order valence-corrected chi connectivity index (χ0v) is 12.9. The summed E-state index contributed by atoms with van der Waals surface area (Å²) in [6.07, 6.45) is 4.65. The molecule has 0 aliphatic heterocycles. The molecule has 3 nitrogen and oxygen atoms in total. The molecule has 0 spiro atoms. The molecule has 0 saturated heterocycles. The molecule has 2 unspecified atom stereocenters. The Balaban J connectivity index is 1.52. The fourth-order valence-corrected chi connectivity index (χ4v) is 3.80. The van der Waals surface area contributed by atoms with Crippen molar-refractivity contribution in [1.82, 2.24) is 4.98 Å². The molecule has 0 bridgehead atoms. The maximum atomic E-state index is 11.9. The van der Waals surface area contributed by atoms with Crippen molar-refractivity contribution < 1.29 is 4.79 Å². The Bertz CT molecular complexity index is 707. The zero-order valence-electron chi connectivity index (χ0n) is 12.1. The number of nitrogens with zero attached hydrogens (tertiary/aromatic N) is 1. The van der Waals surface area contributed by atoms with Gasteiger partial charge in [-0.2, -0.15) is 0 Å². The van der Waals surface area contributed by atoms with Crippen LogP contribution in [0.5, 0.6) is 0 Å². The van der Waals surface area contributed by atoms with Gasteiger partial charge in [0.15, 0.2) is 5.13 Å². The maximum Gasteiger partial charge on any atom is 0.229 e. The molecule has 1 aromatic carbocycles. The molecule has 1 heterocycles. The first-order valence-electron chi connectivity index (χ1n) is 7.59. The summed E-state index contributed by atoms with van der Waals surface area (Å²) in [4.78, 5) is 16.5. The number of carbonyl (C=O) groups excluding carboxylic acids is 1. The first-order valence-corrected chi connectivity index (χ1v) is 8.47. The molecule has 1 N–H and O–H groups in total. The van der Waals surface area contributed by atoms with E-state index >= 15 is 0 Å². The molecule has 1 saturated carbocycles. The Hall–Kier alpha value is -1.68. The van der Waals surface area contributed by atoms with Crippen molar-refractivity contribution in [2.24, 2.45) is 11.8 Å². The summed E-state index contributed by atoms with van der Waals surface area (Å²) in [5.74, 6) is 0.843. The summed E-state index contributed by atoms with van der Waals surface area (Å²) in [5, 5.41) is 5.69. The van der Waals surface area contributed by atoms with Gasteiger partial charge in [-0.15, -0.1) is 11.3 Å². The largest absolute Gasteiger partial charge is 0.302 e. The number of rotatable bonds is 3. The summed E-state index contributed by atoms with van der Waals surface area (Å²) in [6.45, 7) is 2.11. The van der Waals surface area contributed by atoms with Crippen LogP contribution >= 0.6 is 11.3 Å². The molecule has 1 fully saturated rings. The van der Waals surface area contributed by atoms with Gasteiger partial charge in [0.25, 0.3) is 0 Å². The first-order chi connectivity index (χ1) is 10.2. The van der Waals surface area contributed by atoms with Crippen LogP contribution in [0.4, 0.5) is 5.13 Å². The summed E-state index contributed by atoms with van der Waals surface area (Å²) in [7, 11) is 0. The minimum absolute atomic E-state index is 0.123. The first kappa shape index (κ1) is 13.0. The normalized spacial score (nSPS) is 22.9. The molecule has 2 aromatic rings. The molecule has 2 aliphatic rings. The number of amides is 1. The number of nitrogens with one attached hydrogen (secondary N) is 1. The van der Waals surface area contributed by atoms with Gasteiger partial charge in [-0.1, -0.05) is 19.1 Å². The van der Waals surface area contributed by atoms with Crippen LogP contribution in [0.15, 0.2) is 23.6 Å². The summed E-state index contributed by atoms with van der Waals surface area (Å²) < 4.78 is 0. The molecule has 1 aromatic heterocycles. The number of hydrogen-bond acceptors (Lipinski definition) is 3. The second-order valence-corrected chi connectivity index (χ2v) is 7.04. The van der Waals surface area contributed by atoms with E-state index in [0.717, 1.165) is 22.8 Å². The highest BCUT2D eigenvalue weighted by Crippen LogP contribution is 2.39. The molecule has 0 radical (unpaired) electrons. The van der Waals surface area contributed by atoms with Crippen LogP contribution in [0.2, 0.25) is 0 Å².